The number of thiocarbonyl (C=S) groups is 1. The van der Waals surface area contributed by atoms with Gasteiger partial charge in [0.05, 0.1) is 16.6 Å². The number of hydrogen-bond donors (Lipinski definition) is 1. The maximum Gasteiger partial charge on any atom is 0.267 e. The lowest BCUT2D eigenvalue weighted by Gasteiger charge is -2.13. The number of fused-ring (bicyclic) bond motifs is 1. The van der Waals surface area contributed by atoms with Crippen LogP contribution in [0.1, 0.15) is 51.2 Å². The van der Waals surface area contributed by atoms with Crippen molar-refractivity contribution in [2.45, 2.75) is 53.1 Å². The molecule has 1 aliphatic rings. The smallest absolute Gasteiger partial charge is 0.267 e. The average molecular weight is 475 g/mol. The summed E-state index contributed by atoms with van der Waals surface area (Å²) in [5.41, 5.74) is 1.63. The van der Waals surface area contributed by atoms with E-state index in [9.17, 15) is 9.59 Å². The van der Waals surface area contributed by atoms with Crippen LogP contribution in [-0.2, 0) is 9.53 Å². The lowest BCUT2D eigenvalue weighted by atomic mass is 10.2. The summed E-state index contributed by atoms with van der Waals surface area (Å²) < 4.78 is 7.64. The van der Waals surface area contributed by atoms with Crippen molar-refractivity contribution in [3.05, 3.63) is 44.7 Å². The molecule has 1 N–H and O–H groups in total. The van der Waals surface area contributed by atoms with Crippen LogP contribution < -0.4 is 10.9 Å². The predicted molar refractivity (Wildman–Crippen MR) is 135 cm³/mol. The fraction of sp³-hybridized carbons (Fsp3) is 0.478. The number of hydrogen-bond acceptors (Lipinski definition) is 7. The van der Waals surface area contributed by atoms with Crippen molar-refractivity contribution in [2.24, 2.45) is 0 Å². The molecule has 0 radical (unpaired) electrons. The second kappa shape index (κ2) is 11.1. The van der Waals surface area contributed by atoms with Crippen molar-refractivity contribution >= 4 is 51.7 Å². The number of nitrogens with one attached hydrogen (secondary N) is 1. The van der Waals surface area contributed by atoms with Crippen molar-refractivity contribution < 1.29 is 9.53 Å². The third kappa shape index (κ3) is 5.76. The fourth-order valence-corrected chi connectivity index (χ4v) is 4.55. The summed E-state index contributed by atoms with van der Waals surface area (Å²) in [5.74, 6) is 0.306. The molecule has 172 valence electrons. The molecule has 2 aromatic rings. The maximum absolute atomic E-state index is 13.4. The summed E-state index contributed by atoms with van der Waals surface area (Å²) in [6.07, 6.45) is 6.18. The second-order valence-corrected chi connectivity index (χ2v) is 9.68. The standard InChI is InChI=1S/C23H30N4O3S2/c1-5-6-11-26-22(29)18(32-23(26)31)13-17-20(24-10-7-12-30-15(2)3)25-19-9-8-16(4)14-27(19)21(17)28/h8-9,13-15,24H,5-7,10-12H2,1-4H3. The number of carbonyl (C=O) groups excluding carboxylic acids is 1. The molecule has 32 heavy (non-hydrogen) atoms. The number of unbranched alkanes of at least 4 members (excludes halogenated alkanes) is 1. The first kappa shape index (κ1) is 24.4. The number of pyridine rings is 1. The van der Waals surface area contributed by atoms with E-state index in [0.717, 1.165) is 24.8 Å². The van der Waals surface area contributed by atoms with Gasteiger partial charge in [-0.1, -0.05) is 43.4 Å². The first-order chi connectivity index (χ1) is 15.3. The number of anilines is 1. The molecule has 3 rings (SSSR count). The number of thioether (sulfide) groups is 1. The minimum Gasteiger partial charge on any atom is -0.379 e. The van der Waals surface area contributed by atoms with E-state index in [1.165, 1.54) is 16.2 Å². The third-order valence-electron chi connectivity index (χ3n) is 4.95. The molecule has 1 aliphatic heterocycles. The second-order valence-electron chi connectivity index (χ2n) is 8.00. The zero-order valence-electron chi connectivity index (χ0n) is 19.0. The van der Waals surface area contributed by atoms with E-state index in [-0.39, 0.29) is 17.6 Å². The molecular weight excluding hydrogens is 444 g/mol. The Morgan fingerprint density at radius 1 is 1.28 bits per heavy atom. The van der Waals surface area contributed by atoms with Gasteiger partial charge >= 0.3 is 0 Å². The van der Waals surface area contributed by atoms with E-state index in [0.29, 0.717) is 46.0 Å². The Labute approximate surface area is 198 Å². The van der Waals surface area contributed by atoms with Crippen molar-refractivity contribution in [1.82, 2.24) is 14.3 Å². The summed E-state index contributed by atoms with van der Waals surface area (Å²) in [5, 5.41) is 3.26. The van der Waals surface area contributed by atoms with Crippen molar-refractivity contribution in [1.29, 1.82) is 0 Å². The van der Waals surface area contributed by atoms with Gasteiger partial charge in [0, 0.05) is 25.9 Å². The summed E-state index contributed by atoms with van der Waals surface area (Å²) in [4.78, 5) is 33.0. The van der Waals surface area contributed by atoms with Gasteiger partial charge in [0.15, 0.2) is 0 Å². The molecule has 9 heteroatoms. The Bertz CT molecular complexity index is 1090. The molecule has 0 spiro atoms. The molecule has 1 amide bonds. The van der Waals surface area contributed by atoms with Crippen LogP contribution in [0.3, 0.4) is 0 Å². The van der Waals surface area contributed by atoms with Crippen LogP contribution in [0.25, 0.3) is 11.7 Å². The van der Waals surface area contributed by atoms with Crippen LogP contribution in [0, 0.1) is 6.92 Å². The minimum absolute atomic E-state index is 0.154. The number of aryl methyl sites for hydroxylation is 1. The van der Waals surface area contributed by atoms with E-state index in [2.05, 4.69) is 17.2 Å². The molecule has 3 heterocycles. The molecule has 0 aromatic carbocycles. The zero-order valence-corrected chi connectivity index (χ0v) is 20.6. The van der Waals surface area contributed by atoms with Gasteiger partial charge in [0.1, 0.15) is 15.8 Å². The molecule has 2 aromatic heterocycles. The lowest BCUT2D eigenvalue weighted by molar-refractivity contribution is -0.122. The average Bonchev–Trinajstić information content (AvgIpc) is 3.01. The number of ether oxygens (including phenoxy) is 1. The lowest BCUT2D eigenvalue weighted by Crippen LogP contribution is -2.29. The molecule has 0 saturated carbocycles. The molecule has 7 nitrogen and oxygen atoms in total. The molecular formula is C23H30N4O3S2. The highest BCUT2D eigenvalue weighted by Gasteiger charge is 2.32. The van der Waals surface area contributed by atoms with Crippen molar-refractivity contribution in [3.63, 3.8) is 0 Å². The van der Waals surface area contributed by atoms with Gasteiger partial charge in [-0.05, 0) is 51.3 Å². The highest BCUT2D eigenvalue weighted by Crippen LogP contribution is 2.33. The monoisotopic (exact) mass is 474 g/mol. The summed E-state index contributed by atoms with van der Waals surface area (Å²) >= 11 is 6.64. The first-order valence-corrected chi connectivity index (χ1v) is 12.2. The van der Waals surface area contributed by atoms with Gasteiger partial charge < -0.3 is 10.1 Å². The van der Waals surface area contributed by atoms with E-state index in [1.807, 2.05) is 32.9 Å². The number of aromatic nitrogens is 2. The number of rotatable bonds is 10. The van der Waals surface area contributed by atoms with Gasteiger partial charge in [-0.3, -0.25) is 18.9 Å². The quantitative estimate of drug-likeness (QED) is 0.314. The van der Waals surface area contributed by atoms with Crippen LogP contribution in [-0.4, -0.2) is 50.3 Å². The highest BCUT2D eigenvalue weighted by molar-refractivity contribution is 8.26. The Morgan fingerprint density at radius 3 is 2.78 bits per heavy atom. The maximum atomic E-state index is 13.4. The minimum atomic E-state index is -0.224. The molecule has 1 fully saturated rings. The van der Waals surface area contributed by atoms with E-state index in [4.69, 9.17) is 17.0 Å². The Kier molecular flexibility index (Phi) is 8.44. The summed E-state index contributed by atoms with van der Waals surface area (Å²) in [7, 11) is 0. The van der Waals surface area contributed by atoms with Crippen molar-refractivity contribution in [3.8, 4) is 0 Å². The van der Waals surface area contributed by atoms with Crippen LogP contribution in [0.5, 0.6) is 0 Å². The highest BCUT2D eigenvalue weighted by atomic mass is 32.2. The third-order valence-corrected chi connectivity index (χ3v) is 6.33. The van der Waals surface area contributed by atoms with Gasteiger partial charge in [0.25, 0.3) is 11.5 Å². The number of amides is 1. The molecule has 0 bridgehead atoms. The van der Waals surface area contributed by atoms with Gasteiger partial charge in [0.2, 0.25) is 0 Å². The van der Waals surface area contributed by atoms with Crippen LogP contribution >= 0.6 is 24.0 Å². The molecule has 0 unspecified atom stereocenters. The number of carbonyl (C=O) groups is 1. The predicted octanol–water partition coefficient (Wildman–Crippen LogP) is 4.23. The normalized spacial score (nSPS) is 15.5. The largest absolute Gasteiger partial charge is 0.379 e. The van der Waals surface area contributed by atoms with Crippen LogP contribution in [0.15, 0.2) is 28.0 Å². The van der Waals surface area contributed by atoms with Gasteiger partial charge in [-0.25, -0.2) is 4.98 Å². The van der Waals surface area contributed by atoms with E-state index in [1.54, 1.807) is 17.2 Å². The zero-order chi connectivity index (χ0) is 23.3. The van der Waals surface area contributed by atoms with E-state index < -0.39 is 0 Å². The fourth-order valence-electron chi connectivity index (χ4n) is 3.26. The molecule has 0 aliphatic carbocycles. The van der Waals surface area contributed by atoms with Crippen molar-refractivity contribution in [2.75, 3.05) is 25.0 Å². The summed E-state index contributed by atoms with van der Waals surface area (Å²) in [6, 6.07) is 3.73. The molecule has 0 atom stereocenters. The van der Waals surface area contributed by atoms with Gasteiger partial charge in [-0.15, -0.1) is 0 Å². The Balaban J connectivity index is 1.95. The first-order valence-electron chi connectivity index (χ1n) is 11.0. The Morgan fingerprint density at radius 2 is 2.06 bits per heavy atom. The van der Waals surface area contributed by atoms with E-state index >= 15 is 0 Å². The molecule has 1 saturated heterocycles. The van der Waals surface area contributed by atoms with Crippen LogP contribution in [0.2, 0.25) is 0 Å². The SMILES string of the molecule is CCCCN1C(=O)C(=Cc2c(NCCCOC(C)C)nc3ccc(C)cn3c2=O)SC1=S. The number of nitrogens with zero attached hydrogens (tertiary/aromatic N) is 3. The summed E-state index contributed by atoms with van der Waals surface area (Å²) in [6.45, 7) is 9.79. The Hall–Kier alpha value is -2.23. The topological polar surface area (TPSA) is 75.9 Å². The van der Waals surface area contributed by atoms with Gasteiger partial charge in [-0.2, -0.15) is 0 Å². The van der Waals surface area contributed by atoms with Crippen LogP contribution in [0.4, 0.5) is 5.82 Å².